The van der Waals surface area contributed by atoms with Crippen LogP contribution < -0.4 is 4.74 Å². The van der Waals surface area contributed by atoms with Gasteiger partial charge in [-0.25, -0.2) is 0 Å². The van der Waals surface area contributed by atoms with Crippen molar-refractivity contribution in [3.05, 3.63) is 29.3 Å². The van der Waals surface area contributed by atoms with Crippen molar-refractivity contribution in [2.45, 2.75) is 37.6 Å². The monoisotopic (exact) mass is 296 g/mol. The van der Waals surface area contributed by atoms with Gasteiger partial charge in [0.15, 0.2) is 0 Å². The van der Waals surface area contributed by atoms with E-state index in [-0.39, 0.29) is 6.61 Å². The Morgan fingerprint density at radius 1 is 1.24 bits per heavy atom. The SMILES string of the molecule is CO[C@H]1c2cc(C)ccc2O[C@H]2O[C@H](CO)[C@@H](O)[C@H](O)[C@H]21. The zero-order valence-electron chi connectivity index (χ0n) is 12.0. The van der Waals surface area contributed by atoms with Crippen molar-refractivity contribution in [3.8, 4) is 5.75 Å². The van der Waals surface area contributed by atoms with Crippen LogP contribution in [0.4, 0.5) is 0 Å². The predicted octanol–water partition coefficient (Wildman–Crippen LogP) is 0.130. The van der Waals surface area contributed by atoms with Crippen LogP contribution >= 0.6 is 0 Å². The molecule has 2 heterocycles. The average Bonchev–Trinajstić information content (AvgIpc) is 2.49. The number of methoxy groups -OCH3 is 1. The molecule has 0 radical (unpaired) electrons. The third-order valence-electron chi connectivity index (χ3n) is 4.25. The van der Waals surface area contributed by atoms with Crippen molar-refractivity contribution in [2.24, 2.45) is 5.92 Å². The van der Waals surface area contributed by atoms with Gasteiger partial charge in [0, 0.05) is 12.7 Å². The van der Waals surface area contributed by atoms with Gasteiger partial charge in [0.25, 0.3) is 0 Å². The zero-order chi connectivity index (χ0) is 15.1. The van der Waals surface area contributed by atoms with Gasteiger partial charge in [0.2, 0.25) is 6.29 Å². The summed E-state index contributed by atoms with van der Waals surface area (Å²) in [5, 5.41) is 29.7. The summed E-state index contributed by atoms with van der Waals surface area (Å²) < 4.78 is 16.9. The molecule has 0 aromatic heterocycles. The molecule has 21 heavy (non-hydrogen) atoms. The van der Waals surface area contributed by atoms with Gasteiger partial charge >= 0.3 is 0 Å². The Labute approximate surface area is 122 Å². The van der Waals surface area contributed by atoms with Crippen LogP contribution in [0.2, 0.25) is 0 Å². The maximum atomic E-state index is 10.4. The van der Waals surface area contributed by atoms with Crippen molar-refractivity contribution in [1.29, 1.82) is 0 Å². The smallest absolute Gasteiger partial charge is 0.208 e. The Bertz CT molecular complexity index is 519. The van der Waals surface area contributed by atoms with Gasteiger partial charge in [-0.1, -0.05) is 11.6 Å². The van der Waals surface area contributed by atoms with Crippen molar-refractivity contribution < 1.29 is 29.5 Å². The lowest BCUT2D eigenvalue weighted by atomic mass is 9.81. The first-order valence-electron chi connectivity index (χ1n) is 6.99. The number of aliphatic hydroxyl groups is 3. The van der Waals surface area contributed by atoms with E-state index in [0.29, 0.717) is 5.75 Å². The van der Waals surface area contributed by atoms with Crippen LogP contribution in [0.25, 0.3) is 0 Å². The molecule has 6 heteroatoms. The first-order valence-corrected chi connectivity index (χ1v) is 6.99. The summed E-state index contributed by atoms with van der Waals surface area (Å²) in [6.07, 6.45) is -4.35. The minimum atomic E-state index is -1.18. The fourth-order valence-electron chi connectivity index (χ4n) is 3.15. The van der Waals surface area contributed by atoms with E-state index in [1.807, 2.05) is 25.1 Å². The predicted molar refractivity (Wildman–Crippen MR) is 72.8 cm³/mol. The number of benzene rings is 1. The van der Waals surface area contributed by atoms with Crippen LogP contribution in [0.15, 0.2) is 18.2 Å². The summed E-state index contributed by atoms with van der Waals surface area (Å²) in [4.78, 5) is 0. The van der Waals surface area contributed by atoms with Gasteiger partial charge in [-0.2, -0.15) is 0 Å². The van der Waals surface area contributed by atoms with Crippen LogP contribution in [-0.4, -0.2) is 53.6 Å². The maximum absolute atomic E-state index is 10.4. The molecule has 1 aromatic carbocycles. The molecule has 0 saturated carbocycles. The van der Waals surface area contributed by atoms with Crippen molar-refractivity contribution in [1.82, 2.24) is 0 Å². The Morgan fingerprint density at radius 3 is 2.67 bits per heavy atom. The normalized spacial score (nSPS) is 38.3. The molecular weight excluding hydrogens is 276 g/mol. The molecule has 1 aromatic rings. The molecule has 6 nitrogen and oxygen atoms in total. The third kappa shape index (κ3) is 2.33. The number of ether oxygens (including phenoxy) is 3. The molecule has 3 rings (SSSR count). The topological polar surface area (TPSA) is 88.4 Å². The van der Waals surface area contributed by atoms with Gasteiger partial charge in [-0.3, -0.25) is 0 Å². The molecule has 0 spiro atoms. The van der Waals surface area contributed by atoms with E-state index in [0.717, 1.165) is 11.1 Å². The summed E-state index contributed by atoms with van der Waals surface area (Å²) in [6, 6.07) is 5.70. The van der Waals surface area contributed by atoms with E-state index in [9.17, 15) is 15.3 Å². The van der Waals surface area contributed by atoms with Crippen molar-refractivity contribution in [2.75, 3.05) is 13.7 Å². The fraction of sp³-hybridized carbons (Fsp3) is 0.600. The Hall–Kier alpha value is -1.18. The molecular formula is C15H20O6. The maximum Gasteiger partial charge on any atom is 0.208 e. The number of fused-ring (bicyclic) bond motifs is 2. The van der Waals surface area contributed by atoms with Gasteiger partial charge in [-0.05, 0) is 19.1 Å². The van der Waals surface area contributed by atoms with Crippen molar-refractivity contribution >= 4 is 0 Å². The van der Waals surface area contributed by atoms with Gasteiger partial charge in [0.1, 0.15) is 18.0 Å². The van der Waals surface area contributed by atoms with Crippen LogP contribution in [0, 0.1) is 12.8 Å². The van der Waals surface area contributed by atoms with E-state index in [1.165, 1.54) is 0 Å². The highest BCUT2D eigenvalue weighted by atomic mass is 16.7. The highest BCUT2D eigenvalue weighted by Gasteiger charge is 2.52. The number of hydrogen-bond donors (Lipinski definition) is 3. The lowest BCUT2D eigenvalue weighted by Crippen LogP contribution is -2.60. The van der Waals surface area contributed by atoms with E-state index in [4.69, 9.17) is 14.2 Å². The molecule has 116 valence electrons. The second-order valence-electron chi connectivity index (χ2n) is 5.60. The summed E-state index contributed by atoms with van der Waals surface area (Å²) in [7, 11) is 1.55. The second kappa shape index (κ2) is 5.55. The second-order valence-corrected chi connectivity index (χ2v) is 5.60. The molecule has 1 saturated heterocycles. The Balaban J connectivity index is 2.00. The molecule has 0 bridgehead atoms. The minimum Gasteiger partial charge on any atom is -0.464 e. The van der Waals surface area contributed by atoms with E-state index in [1.54, 1.807) is 7.11 Å². The van der Waals surface area contributed by atoms with E-state index >= 15 is 0 Å². The van der Waals surface area contributed by atoms with E-state index < -0.39 is 36.6 Å². The summed E-state index contributed by atoms with van der Waals surface area (Å²) in [5.74, 6) is 0.0797. The van der Waals surface area contributed by atoms with E-state index in [2.05, 4.69) is 0 Å². The lowest BCUT2D eigenvalue weighted by molar-refractivity contribution is -0.285. The number of rotatable bonds is 2. The standard InChI is InChI=1S/C15H20O6/c1-7-3-4-9-8(5-7)14(19-2)11-13(18)12(17)10(6-16)21-15(11)20-9/h3-5,10-18H,6H2,1-2H3/t10-,11+,12-,13-,14+,15+/m1/s1. The summed E-state index contributed by atoms with van der Waals surface area (Å²) in [6.45, 7) is 1.58. The van der Waals surface area contributed by atoms with Crippen LogP contribution in [0.5, 0.6) is 5.75 Å². The minimum absolute atomic E-state index is 0.386. The van der Waals surface area contributed by atoms with Crippen LogP contribution in [-0.2, 0) is 9.47 Å². The molecule has 6 atom stereocenters. The number of aryl methyl sites for hydroxylation is 1. The summed E-state index contributed by atoms with van der Waals surface area (Å²) >= 11 is 0. The largest absolute Gasteiger partial charge is 0.464 e. The highest BCUT2D eigenvalue weighted by molar-refractivity contribution is 5.41. The number of hydrogen-bond acceptors (Lipinski definition) is 6. The molecule has 3 N–H and O–H groups in total. The highest BCUT2D eigenvalue weighted by Crippen LogP contribution is 2.45. The molecule has 0 unspecified atom stereocenters. The van der Waals surface area contributed by atoms with Gasteiger partial charge in [0.05, 0.1) is 24.7 Å². The zero-order valence-corrected chi connectivity index (χ0v) is 12.0. The first kappa shape index (κ1) is 14.7. The Morgan fingerprint density at radius 2 is 2.00 bits per heavy atom. The quantitative estimate of drug-likeness (QED) is 0.719. The molecule has 2 aliphatic heterocycles. The average molecular weight is 296 g/mol. The first-order chi connectivity index (χ1) is 10.1. The molecule has 0 amide bonds. The lowest BCUT2D eigenvalue weighted by Gasteiger charge is -2.47. The van der Waals surface area contributed by atoms with Crippen LogP contribution in [0.3, 0.4) is 0 Å². The van der Waals surface area contributed by atoms with Crippen LogP contribution in [0.1, 0.15) is 17.2 Å². The molecule has 1 fully saturated rings. The Kier molecular flexibility index (Phi) is 3.90. The number of aliphatic hydroxyl groups excluding tert-OH is 3. The molecule has 2 aliphatic rings. The molecule has 0 aliphatic carbocycles. The van der Waals surface area contributed by atoms with Gasteiger partial charge in [-0.15, -0.1) is 0 Å². The third-order valence-corrected chi connectivity index (χ3v) is 4.25. The van der Waals surface area contributed by atoms with Crippen molar-refractivity contribution in [3.63, 3.8) is 0 Å². The van der Waals surface area contributed by atoms with Gasteiger partial charge < -0.3 is 29.5 Å². The summed E-state index contributed by atoms with van der Waals surface area (Å²) in [5.41, 5.74) is 1.88. The fourth-order valence-corrected chi connectivity index (χ4v) is 3.15.